The van der Waals surface area contributed by atoms with Crippen LogP contribution in [0.25, 0.3) is 11.3 Å². The molecule has 0 saturated heterocycles. The van der Waals surface area contributed by atoms with Crippen LogP contribution >= 0.6 is 0 Å². The standard InChI is InChI=1S/C17H17N/c1-2-8-14-13(7-1)15-9-3-4-10-16(15)18-12-6-5-11-17(14)18/h1-2,5-8,11H,3-4,9-10,12H2. The molecule has 1 heteroatoms. The molecule has 0 unspecified atom stereocenters. The molecule has 0 bridgehead atoms. The number of hydrogen-bond donors (Lipinski definition) is 0. The topological polar surface area (TPSA) is 3.24 Å². The highest BCUT2D eigenvalue weighted by atomic mass is 15.2. The third kappa shape index (κ3) is 1.34. The lowest BCUT2D eigenvalue weighted by molar-refractivity contribution is 0.481. The Morgan fingerprint density at radius 2 is 1.78 bits per heavy atom. The minimum absolute atomic E-state index is 1.04. The van der Waals surface area contributed by atoms with Gasteiger partial charge in [-0.15, -0.1) is 0 Å². The van der Waals surface area contributed by atoms with Crippen LogP contribution in [0.15, 0.2) is 48.2 Å². The smallest absolute Gasteiger partial charge is 0.0490 e. The highest BCUT2D eigenvalue weighted by Crippen LogP contribution is 2.45. The van der Waals surface area contributed by atoms with Crippen molar-refractivity contribution in [1.82, 2.24) is 4.90 Å². The van der Waals surface area contributed by atoms with Gasteiger partial charge in [-0.1, -0.05) is 36.4 Å². The first-order valence-electron chi connectivity index (χ1n) is 6.91. The molecule has 1 nitrogen and oxygen atoms in total. The molecule has 0 N–H and O–H groups in total. The summed E-state index contributed by atoms with van der Waals surface area (Å²) in [6, 6.07) is 8.90. The average molecular weight is 235 g/mol. The molecule has 2 heterocycles. The molecule has 0 amide bonds. The maximum Gasteiger partial charge on any atom is 0.0490 e. The number of hydrogen-bond acceptors (Lipinski definition) is 1. The normalized spacial score (nSPS) is 21.1. The van der Waals surface area contributed by atoms with E-state index < -0.39 is 0 Å². The lowest BCUT2D eigenvalue weighted by Gasteiger charge is -2.40. The van der Waals surface area contributed by atoms with Crippen LogP contribution in [0.4, 0.5) is 0 Å². The van der Waals surface area contributed by atoms with Gasteiger partial charge in [0.1, 0.15) is 0 Å². The van der Waals surface area contributed by atoms with Crippen LogP contribution in [0.2, 0.25) is 0 Å². The van der Waals surface area contributed by atoms with Gasteiger partial charge in [-0.3, -0.25) is 0 Å². The van der Waals surface area contributed by atoms with Crippen LogP contribution in [0.5, 0.6) is 0 Å². The van der Waals surface area contributed by atoms with Gasteiger partial charge in [0.05, 0.1) is 0 Å². The summed E-state index contributed by atoms with van der Waals surface area (Å²) in [5, 5.41) is 0. The zero-order valence-electron chi connectivity index (χ0n) is 10.5. The van der Waals surface area contributed by atoms with Gasteiger partial charge in [0, 0.05) is 23.5 Å². The van der Waals surface area contributed by atoms with Gasteiger partial charge in [0.25, 0.3) is 0 Å². The third-order valence-electron chi connectivity index (χ3n) is 4.26. The first-order valence-corrected chi connectivity index (χ1v) is 6.91. The second-order valence-corrected chi connectivity index (χ2v) is 5.27. The maximum absolute atomic E-state index is 2.52. The molecule has 2 aliphatic heterocycles. The fourth-order valence-corrected chi connectivity index (χ4v) is 3.45. The zero-order chi connectivity index (χ0) is 11.9. The largest absolute Gasteiger partial charge is 0.340 e. The third-order valence-corrected chi connectivity index (χ3v) is 4.26. The minimum atomic E-state index is 1.04. The molecular weight excluding hydrogens is 218 g/mol. The van der Waals surface area contributed by atoms with Crippen molar-refractivity contribution in [2.45, 2.75) is 25.7 Å². The quantitative estimate of drug-likeness (QED) is 0.651. The fraction of sp³-hybridized carbons (Fsp3) is 0.294. The molecule has 0 atom stereocenters. The predicted molar refractivity (Wildman–Crippen MR) is 75.7 cm³/mol. The SMILES string of the molecule is C1=CCN2C(=C1)c1ccccc1C1=C2CCCC1. The summed E-state index contributed by atoms with van der Waals surface area (Å²) in [4.78, 5) is 2.52. The monoisotopic (exact) mass is 235 g/mol. The van der Waals surface area contributed by atoms with Gasteiger partial charge in [0.15, 0.2) is 0 Å². The van der Waals surface area contributed by atoms with Crippen molar-refractivity contribution in [3.63, 3.8) is 0 Å². The van der Waals surface area contributed by atoms with Crippen LogP contribution < -0.4 is 0 Å². The Morgan fingerprint density at radius 3 is 2.72 bits per heavy atom. The van der Waals surface area contributed by atoms with Gasteiger partial charge >= 0.3 is 0 Å². The fourth-order valence-electron chi connectivity index (χ4n) is 3.45. The van der Waals surface area contributed by atoms with Crippen LogP contribution in [0.3, 0.4) is 0 Å². The molecule has 0 fully saturated rings. The highest BCUT2D eigenvalue weighted by molar-refractivity contribution is 5.87. The summed E-state index contributed by atoms with van der Waals surface area (Å²) in [5.41, 5.74) is 7.47. The van der Waals surface area contributed by atoms with E-state index in [9.17, 15) is 0 Å². The number of rotatable bonds is 0. The number of allylic oxidation sites excluding steroid dienone is 4. The molecule has 1 aromatic rings. The lowest BCUT2D eigenvalue weighted by atomic mass is 9.83. The maximum atomic E-state index is 2.52. The van der Waals surface area contributed by atoms with Crippen LogP contribution in [0, 0.1) is 0 Å². The van der Waals surface area contributed by atoms with Crippen molar-refractivity contribution >= 4 is 11.3 Å². The van der Waals surface area contributed by atoms with Crippen molar-refractivity contribution in [2.24, 2.45) is 0 Å². The van der Waals surface area contributed by atoms with E-state index in [2.05, 4.69) is 47.4 Å². The molecule has 0 spiro atoms. The average Bonchev–Trinajstić information content (AvgIpc) is 2.48. The Balaban J connectivity index is 1.99. The van der Waals surface area contributed by atoms with E-state index in [0.717, 1.165) is 6.54 Å². The summed E-state index contributed by atoms with van der Waals surface area (Å²) in [6.07, 6.45) is 11.9. The van der Waals surface area contributed by atoms with E-state index in [1.165, 1.54) is 42.5 Å². The molecule has 1 aromatic carbocycles. The number of benzene rings is 1. The van der Waals surface area contributed by atoms with Crippen molar-refractivity contribution in [3.05, 3.63) is 59.3 Å². The van der Waals surface area contributed by atoms with E-state index in [-0.39, 0.29) is 0 Å². The van der Waals surface area contributed by atoms with Gasteiger partial charge in [0.2, 0.25) is 0 Å². The summed E-state index contributed by atoms with van der Waals surface area (Å²) in [7, 11) is 0. The predicted octanol–water partition coefficient (Wildman–Crippen LogP) is 4.20. The van der Waals surface area contributed by atoms with Gasteiger partial charge in [-0.05, 0) is 42.9 Å². The van der Waals surface area contributed by atoms with E-state index in [4.69, 9.17) is 0 Å². The first-order chi connectivity index (χ1) is 8.95. The molecule has 18 heavy (non-hydrogen) atoms. The number of nitrogens with zero attached hydrogens (tertiary/aromatic N) is 1. The van der Waals surface area contributed by atoms with E-state index >= 15 is 0 Å². The van der Waals surface area contributed by atoms with Gasteiger partial charge in [-0.2, -0.15) is 0 Å². The minimum Gasteiger partial charge on any atom is -0.340 e. The molecule has 3 aliphatic rings. The van der Waals surface area contributed by atoms with Gasteiger partial charge < -0.3 is 4.90 Å². The van der Waals surface area contributed by atoms with Crippen LogP contribution in [0.1, 0.15) is 36.8 Å². The van der Waals surface area contributed by atoms with E-state index in [1.54, 1.807) is 11.3 Å². The second kappa shape index (κ2) is 3.88. The first kappa shape index (κ1) is 10.2. The molecule has 90 valence electrons. The summed E-state index contributed by atoms with van der Waals surface area (Å²) in [5.74, 6) is 0. The van der Waals surface area contributed by atoms with Crippen molar-refractivity contribution in [1.29, 1.82) is 0 Å². The molecule has 0 aromatic heterocycles. The summed E-state index contributed by atoms with van der Waals surface area (Å²) < 4.78 is 0. The van der Waals surface area contributed by atoms with Crippen molar-refractivity contribution in [3.8, 4) is 0 Å². The van der Waals surface area contributed by atoms with E-state index in [0.29, 0.717) is 0 Å². The Labute approximate surface area is 108 Å². The zero-order valence-corrected chi connectivity index (χ0v) is 10.5. The molecule has 0 radical (unpaired) electrons. The van der Waals surface area contributed by atoms with Crippen LogP contribution in [-0.2, 0) is 0 Å². The molecule has 1 aliphatic carbocycles. The Kier molecular flexibility index (Phi) is 2.19. The highest BCUT2D eigenvalue weighted by Gasteiger charge is 2.29. The Bertz CT molecular complexity index is 589. The molecule has 0 saturated carbocycles. The molecule has 4 rings (SSSR count). The van der Waals surface area contributed by atoms with Crippen LogP contribution in [-0.4, -0.2) is 11.4 Å². The summed E-state index contributed by atoms with van der Waals surface area (Å²) in [6.45, 7) is 1.04. The van der Waals surface area contributed by atoms with Crippen molar-refractivity contribution < 1.29 is 0 Å². The lowest BCUT2D eigenvalue weighted by Crippen LogP contribution is -2.29. The molecular formula is C17H17N. The Hall–Kier alpha value is -1.76. The second-order valence-electron chi connectivity index (χ2n) is 5.27. The van der Waals surface area contributed by atoms with Gasteiger partial charge in [-0.25, -0.2) is 0 Å². The van der Waals surface area contributed by atoms with Crippen molar-refractivity contribution in [2.75, 3.05) is 6.54 Å². The Morgan fingerprint density at radius 1 is 0.944 bits per heavy atom. The summed E-state index contributed by atoms with van der Waals surface area (Å²) >= 11 is 0. The number of fused-ring (bicyclic) bond motifs is 5. The van der Waals surface area contributed by atoms with E-state index in [1.807, 2.05) is 0 Å².